The predicted octanol–water partition coefficient (Wildman–Crippen LogP) is 3.03. The van der Waals surface area contributed by atoms with Gasteiger partial charge in [-0.05, 0) is 74.2 Å². The van der Waals surface area contributed by atoms with Gasteiger partial charge in [-0.2, -0.15) is 0 Å². The van der Waals surface area contributed by atoms with Crippen molar-refractivity contribution in [1.29, 1.82) is 0 Å². The summed E-state index contributed by atoms with van der Waals surface area (Å²) in [7, 11) is 0. The maximum Gasteiger partial charge on any atom is 0.267 e. The van der Waals surface area contributed by atoms with E-state index in [4.69, 9.17) is 0 Å². The Hall–Kier alpha value is -3.90. The van der Waals surface area contributed by atoms with E-state index in [9.17, 15) is 18.8 Å². The largest absolute Gasteiger partial charge is 0.368 e. The molecule has 0 spiro atoms. The number of halogens is 1. The summed E-state index contributed by atoms with van der Waals surface area (Å²) in [6, 6.07) is 10.8. The zero-order valence-corrected chi connectivity index (χ0v) is 23.2. The maximum atomic E-state index is 13.8. The molecule has 10 nitrogen and oxygen atoms in total. The Balaban J connectivity index is 1.40. The fourth-order valence-corrected chi connectivity index (χ4v) is 5.66. The molecule has 12 heteroatoms. The molecule has 5 rings (SSSR count). The van der Waals surface area contributed by atoms with Gasteiger partial charge in [0.05, 0.1) is 17.1 Å². The molecular weight excluding hydrogens is 533 g/mol. The normalized spacial score (nSPS) is 16.3. The number of rotatable bonds is 5. The first-order chi connectivity index (χ1) is 19.4. The smallest absolute Gasteiger partial charge is 0.267 e. The van der Waals surface area contributed by atoms with Crippen molar-refractivity contribution in [2.24, 2.45) is 0 Å². The van der Waals surface area contributed by atoms with E-state index in [2.05, 4.69) is 25.1 Å². The highest BCUT2D eigenvalue weighted by Gasteiger charge is 2.26. The molecule has 0 unspecified atom stereocenters. The molecule has 3 aromatic rings. The minimum atomic E-state index is -0.504. The molecule has 1 aromatic heterocycles. The van der Waals surface area contributed by atoms with E-state index in [1.807, 2.05) is 11.0 Å². The monoisotopic (exact) mass is 565 g/mol. The third-order valence-electron chi connectivity index (χ3n) is 7.18. The summed E-state index contributed by atoms with van der Waals surface area (Å²) in [4.78, 5) is 45.9. The standard InChI is InChI=1S/C28H32FN7O3S/c1-19-25(40-33-32-19)28(39)36-13-4-12-34(15-16-36)24-8-7-21(27(38)35-11-3-9-30-10-14-35)18-23(24)31-26(37)20-5-2-6-22(29)17-20/h2,5-8,17-18,30H,3-4,9-16H2,1H3,(H,31,37). The van der Waals surface area contributed by atoms with Crippen LogP contribution in [0.5, 0.6) is 0 Å². The van der Waals surface area contributed by atoms with Crippen molar-refractivity contribution in [2.75, 3.05) is 62.6 Å². The SMILES string of the molecule is Cc1nnsc1C(=O)N1CCCN(c2ccc(C(=O)N3CCCNCC3)cc2NC(=O)c2cccc(F)c2)CC1. The molecule has 0 saturated carbocycles. The molecule has 2 aliphatic heterocycles. The molecule has 2 aromatic carbocycles. The first-order valence-corrected chi connectivity index (χ1v) is 14.2. The number of carbonyl (C=O) groups is 3. The van der Waals surface area contributed by atoms with Crippen LogP contribution in [-0.4, -0.2) is 89.5 Å². The quantitative estimate of drug-likeness (QED) is 0.489. The predicted molar refractivity (Wildman–Crippen MR) is 152 cm³/mol. The molecule has 3 amide bonds. The molecule has 0 bridgehead atoms. The summed E-state index contributed by atoms with van der Waals surface area (Å²) in [5, 5.41) is 10.2. The molecule has 40 heavy (non-hydrogen) atoms. The second kappa shape index (κ2) is 12.5. The Kier molecular flexibility index (Phi) is 8.66. The van der Waals surface area contributed by atoms with E-state index >= 15 is 0 Å². The van der Waals surface area contributed by atoms with Crippen LogP contribution in [0, 0.1) is 12.7 Å². The Labute approximate surface area is 236 Å². The number of hydrogen-bond acceptors (Lipinski definition) is 8. The van der Waals surface area contributed by atoms with Crippen molar-refractivity contribution in [1.82, 2.24) is 24.7 Å². The number of aryl methyl sites for hydroxylation is 1. The summed E-state index contributed by atoms with van der Waals surface area (Å²) in [5.74, 6) is -1.15. The van der Waals surface area contributed by atoms with Gasteiger partial charge >= 0.3 is 0 Å². The third-order valence-corrected chi connectivity index (χ3v) is 7.99. The average molecular weight is 566 g/mol. The van der Waals surface area contributed by atoms with Crippen LogP contribution >= 0.6 is 11.5 Å². The lowest BCUT2D eigenvalue weighted by molar-refractivity contribution is 0.0760. The Bertz CT molecular complexity index is 1390. The van der Waals surface area contributed by atoms with Crippen molar-refractivity contribution in [3.05, 3.63) is 70.0 Å². The first-order valence-electron chi connectivity index (χ1n) is 13.4. The van der Waals surface area contributed by atoms with E-state index in [0.29, 0.717) is 61.1 Å². The molecule has 3 heterocycles. The molecule has 2 N–H and O–H groups in total. The molecule has 2 aliphatic rings. The number of hydrogen-bond donors (Lipinski definition) is 2. The van der Waals surface area contributed by atoms with Crippen molar-refractivity contribution in [3.8, 4) is 0 Å². The molecular formula is C28H32FN7O3S. The van der Waals surface area contributed by atoms with Crippen LogP contribution < -0.4 is 15.5 Å². The van der Waals surface area contributed by atoms with E-state index in [0.717, 1.165) is 43.2 Å². The number of amides is 3. The number of carbonyl (C=O) groups excluding carboxylic acids is 3. The van der Waals surface area contributed by atoms with Crippen LogP contribution in [0.3, 0.4) is 0 Å². The molecule has 0 atom stereocenters. The Morgan fingerprint density at radius 2 is 1.73 bits per heavy atom. The van der Waals surface area contributed by atoms with Gasteiger partial charge in [0.2, 0.25) is 0 Å². The number of aromatic nitrogens is 2. The fraction of sp³-hybridized carbons (Fsp3) is 0.393. The Morgan fingerprint density at radius 1 is 0.900 bits per heavy atom. The van der Waals surface area contributed by atoms with Crippen LogP contribution in [0.2, 0.25) is 0 Å². The average Bonchev–Trinajstić information content (AvgIpc) is 3.14. The topological polar surface area (TPSA) is 111 Å². The number of benzene rings is 2. The van der Waals surface area contributed by atoms with Gasteiger partial charge in [-0.1, -0.05) is 10.6 Å². The van der Waals surface area contributed by atoms with Crippen molar-refractivity contribution in [2.45, 2.75) is 19.8 Å². The van der Waals surface area contributed by atoms with Gasteiger partial charge in [-0.3, -0.25) is 14.4 Å². The zero-order valence-electron chi connectivity index (χ0n) is 22.4. The lowest BCUT2D eigenvalue weighted by atomic mass is 10.1. The van der Waals surface area contributed by atoms with Gasteiger partial charge in [-0.25, -0.2) is 4.39 Å². The number of anilines is 2. The number of nitrogens with zero attached hydrogens (tertiary/aromatic N) is 5. The van der Waals surface area contributed by atoms with Crippen LogP contribution in [0.1, 0.15) is 48.9 Å². The lowest BCUT2D eigenvalue weighted by Gasteiger charge is -2.27. The van der Waals surface area contributed by atoms with Gasteiger partial charge in [0, 0.05) is 56.9 Å². The zero-order chi connectivity index (χ0) is 28.1. The van der Waals surface area contributed by atoms with E-state index in [-0.39, 0.29) is 17.4 Å². The first kappa shape index (κ1) is 27.7. The molecule has 0 aliphatic carbocycles. The molecule has 0 radical (unpaired) electrons. The minimum Gasteiger partial charge on any atom is -0.368 e. The van der Waals surface area contributed by atoms with Crippen LogP contribution in [0.4, 0.5) is 15.8 Å². The second-order valence-electron chi connectivity index (χ2n) is 9.91. The maximum absolute atomic E-state index is 13.8. The van der Waals surface area contributed by atoms with E-state index in [1.165, 1.54) is 18.2 Å². The highest BCUT2D eigenvalue weighted by molar-refractivity contribution is 7.07. The van der Waals surface area contributed by atoms with Crippen molar-refractivity contribution >= 4 is 40.6 Å². The summed E-state index contributed by atoms with van der Waals surface area (Å²) < 4.78 is 17.7. The third kappa shape index (κ3) is 6.28. The van der Waals surface area contributed by atoms with Crippen molar-refractivity contribution in [3.63, 3.8) is 0 Å². The van der Waals surface area contributed by atoms with Gasteiger partial charge in [-0.15, -0.1) is 5.10 Å². The van der Waals surface area contributed by atoms with E-state index in [1.54, 1.807) is 30.0 Å². The van der Waals surface area contributed by atoms with E-state index < -0.39 is 11.7 Å². The summed E-state index contributed by atoms with van der Waals surface area (Å²) in [6.45, 7) is 6.88. The van der Waals surface area contributed by atoms with Gasteiger partial charge in [0.1, 0.15) is 10.7 Å². The molecule has 2 fully saturated rings. The van der Waals surface area contributed by atoms with Crippen LogP contribution in [0.25, 0.3) is 0 Å². The number of nitrogens with one attached hydrogen (secondary N) is 2. The summed E-state index contributed by atoms with van der Waals surface area (Å²) >= 11 is 1.10. The molecule has 2 saturated heterocycles. The minimum absolute atomic E-state index is 0.0816. The van der Waals surface area contributed by atoms with Gasteiger partial charge in [0.15, 0.2) is 0 Å². The van der Waals surface area contributed by atoms with Crippen LogP contribution in [0.15, 0.2) is 42.5 Å². The van der Waals surface area contributed by atoms with Crippen LogP contribution in [-0.2, 0) is 0 Å². The van der Waals surface area contributed by atoms with Gasteiger partial charge < -0.3 is 25.3 Å². The highest BCUT2D eigenvalue weighted by atomic mass is 32.1. The summed E-state index contributed by atoms with van der Waals surface area (Å²) in [5.41, 5.74) is 2.49. The lowest BCUT2D eigenvalue weighted by Crippen LogP contribution is -2.35. The second-order valence-corrected chi connectivity index (χ2v) is 10.7. The highest BCUT2D eigenvalue weighted by Crippen LogP contribution is 2.30. The molecule has 210 valence electrons. The Morgan fingerprint density at radius 3 is 2.52 bits per heavy atom. The fourth-order valence-electron chi connectivity index (χ4n) is 5.03. The van der Waals surface area contributed by atoms with Gasteiger partial charge in [0.25, 0.3) is 17.7 Å². The van der Waals surface area contributed by atoms with Crippen molar-refractivity contribution < 1.29 is 18.8 Å². The summed E-state index contributed by atoms with van der Waals surface area (Å²) in [6.07, 6.45) is 1.59.